The van der Waals surface area contributed by atoms with Crippen LogP contribution in [0, 0.1) is 13.8 Å². The third-order valence-electron chi connectivity index (χ3n) is 1.70. The molecular formula is C7H9ClF2N2S. The number of halogens is 3. The van der Waals surface area contributed by atoms with Gasteiger partial charge in [-0.25, -0.2) is 8.78 Å². The summed E-state index contributed by atoms with van der Waals surface area (Å²) in [6.07, 6.45) is -2.38. The maximum absolute atomic E-state index is 12.0. The highest BCUT2D eigenvalue weighted by Crippen LogP contribution is 2.28. The van der Waals surface area contributed by atoms with Gasteiger partial charge >= 0.3 is 0 Å². The number of rotatable bonds is 3. The molecule has 0 aliphatic carbocycles. The molecule has 1 heterocycles. The lowest BCUT2D eigenvalue weighted by atomic mass is 10.4. The predicted molar refractivity (Wildman–Crippen MR) is 49.4 cm³/mol. The Hall–Kier alpha value is -0.290. The number of nitrogens with zero attached hydrogens (tertiary/aromatic N) is 2. The lowest BCUT2D eigenvalue weighted by Gasteiger charge is -2.02. The lowest BCUT2D eigenvalue weighted by Crippen LogP contribution is -2.09. The number of hydrogen-bond donors (Lipinski definition) is 0. The van der Waals surface area contributed by atoms with Gasteiger partial charge in [0.2, 0.25) is 0 Å². The molecule has 0 spiro atoms. The van der Waals surface area contributed by atoms with E-state index in [1.807, 2.05) is 0 Å². The molecule has 0 aromatic carbocycles. The molecule has 0 fully saturated rings. The lowest BCUT2D eigenvalue weighted by molar-refractivity contribution is 0.120. The molecule has 0 atom stereocenters. The maximum atomic E-state index is 12.0. The Morgan fingerprint density at radius 2 is 2.15 bits per heavy atom. The first-order valence-electron chi connectivity index (χ1n) is 3.67. The van der Waals surface area contributed by atoms with E-state index >= 15 is 0 Å². The fourth-order valence-electron chi connectivity index (χ4n) is 1.10. The molecule has 0 aliphatic heterocycles. The van der Waals surface area contributed by atoms with E-state index < -0.39 is 6.43 Å². The standard InChI is InChI=1S/C7H9ClF2N2S/c1-4-7(13-8)5(2)12(11-4)3-6(9)10/h6H,3H2,1-2H3. The zero-order chi connectivity index (χ0) is 10.0. The summed E-state index contributed by atoms with van der Waals surface area (Å²) in [5.41, 5.74) is 1.39. The summed E-state index contributed by atoms with van der Waals surface area (Å²) in [6, 6.07) is 0. The second-order valence-corrected chi connectivity index (χ2v) is 3.68. The fraction of sp³-hybridized carbons (Fsp3) is 0.571. The van der Waals surface area contributed by atoms with Crippen LogP contribution >= 0.6 is 21.7 Å². The van der Waals surface area contributed by atoms with Crippen molar-refractivity contribution in [1.29, 1.82) is 0 Å². The smallest absolute Gasteiger partial charge is 0.257 e. The van der Waals surface area contributed by atoms with Crippen molar-refractivity contribution < 1.29 is 8.78 Å². The zero-order valence-electron chi connectivity index (χ0n) is 7.22. The van der Waals surface area contributed by atoms with Crippen molar-refractivity contribution in [3.8, 4) is 0 Å². The van der Waals surface area contributed by atoms with E-state index in [1.54, 1.807) is 13.8 Å². The first-order valence-corrected chi connectivity index (χ1v) is 5.31. The number of aryl methyl sites for hydroxylation is 1. The summed E-state index contributed by atoms with van der Waals surface area (Å²) in [4.78, 5) is 0.766. The Kier molecular flexibility index (Phi) is 3.55. The average molecular weight is 227 g/mol. The summed E-state index contributed by atoms with van der Waals surface area (Å²) in [6.45, 7) is 3.11. The first-order chi connectivity index (χ1) is 6.06. The van der Waals surface area contributed by atoms with E-state index in [-0.39, 0.29) is 6.54 Å². The molecule has 0 saturated heterocycles. The SMILES string of the molecule is Cc1nn(CC(F)F)c(C)c1SCl. The second kappa shape index (κ2) is 4.28. The molecule has 1 rings (SSSR count). The van der Waals surface area contributed by atoms with Crippen LogP contribution in [0.1, 0.15) is 11.4 Å². The van der Waals surface area contributed by atoms with Crippen LogP contribution in [0.15, 0.2) is 4.90 Å². The number of hydrogen-bond acceptors (Lipinski definition) is 2. The molecule has 0 saturated carbocycles. The van der Waals surface area contributed by atoms with Gasteiger partial charge in [0.25, 0.3) is 6.43 Å². The van der Waals surface area contributed by atoms with Crippen LogP contribution in [-0.2, 0) is 6.54 Å². The number of alkyl halides is 2. The van der Waals surface area contributed by atoms with E-state index in [1.165, 1.54) is 4.68 Å². The summed E-state index contributed by atoms with van der Waals surface area (Å²) in [7, 11) is 6.58. The van der Waals surface area contributed by atoms with Crippen LogP contribution in [0.5, 0.6) is 0 Å². The zero-order valence-corrected chi connectivity index (χ0v) is 8.79. The molecule has 1 aromatic rings. The van der Waals surface area contributed by atoms with Gasteiger partial charge in [0.05, 0.1) is 16.3 Å². The van der Waals surface area contributed by atoms with Gasteiger partial charge in [0, 0.05) is 0 Å². The quantitative estimate of drug-likeness (QED) is 0.789. The monoisotopic (exact) mass is 226 g/mol. The third-order valence-corrected chi connectivity index (χ3v) is 2.91. The average Bonchev–Trinajstić information content (AvgIpc) is 2.26. The van der Waals surface area contributed by atoms with E-state index in [4.69, 9.17) is 10.7 Å². The maximum Gasteiger partial charge on any atom is 0.257 e. The first kappa shape index (κ1) is 10.8. The Morgan fingerprint density at radius 1 is 1.54 bits per heavy atom. The minimum absolute atomic E-state index is 0.371. The summed E-state index contributed by atoms with van der Waals surface area (Å²) in [5, 5.41) is 3.95. The second-order valence-electron chi connectivity index (χ2n) is 2.65. The molecular weight excluding hydrogens is 218 g/mol. The van der Waals surface area contributed by atoms with Crippen LogP contribution < -0.4 is 0 Å². The Balaban J connectivity index is 2.96. The van der Waals surface area contributed by atoms with Gasteiger partial charge in [-0.15, -0.1) is 0 Å². The van der Waals surface area contributed by atoms with Gasteiger partial charge in [-0.05, 0) is 35.5 Å². The van der Waals surface area contributed by atoms with Crippen molar-refractivity contribution in [2.24, 2.45) is 0 Å². The van der Waals surface area contributed by atoms with E-state index in [0.717, 1.165) is 15.9 Å². The molecule has 1 aromatic heterocycles. The van der Waals surface area contributed by atoms with Crippen LogP contribution in [0.3, 0.4) is 0 Å². The predicted octanol–water partition coefficient (Wildman–Crippen LogP) is 3.01. The Morgan fingerprint density at radius 3 is 2.54 bits per heavy atom. The fourth-order valence-corrected chi connectivity index (χ4v) is 2.14. The normalized spacial score (nSPS) is 11.2. The van der Waals surface area contributed by atoms with E-state index in [0.29, 0.717) is 11.4 Å². The highest BCUT2D eigenvalue weighted by Gasteiger charge is 2.14. The van der Waals surface area contributed by atoms with E-state index in [2.05, 4.69) is 5.10 Å². The molecule has 6 heteroatoms. The van der Waals surface area contributed by atoms with Crippen molar-refractivity contribution in [2.75, 3.05) is 0 Å². The number of aromatic nitrogens is 2. The summed E-state index contributed by atoms with van der Waals surface area (Å²) < 4.78 is 25.4. The molecule has 74 valence electrons. The Bertz CT molecular complexity index is 301. The summed E-state index contributed by atoms with van der Waals surface area (Å²) >= 11 is 0. The van der Waals surface area contributed by atoms with Crippen LogP contribution in [-0.4, -0.2) is 16.2 Å². The molecule has 0 aliphatic rings. The minimum atomic E-state index is -2.38. The highest BCUT2D eigenvalue weighted by molar-refractivity contribution is 8.21. The largest absolute Gasteiger partial charge is 0.263 e. The van der Waals surface area contributed by atoms with Gasteiger partial charge < -0.3 is 0 Å². The van der Waals surface area contributed by atoms with Gasteiger partial charge in [-0.3, -0.25) is 4.68 Å². The molecule has 2 nitrogen and oxygen atoms in total. The van der Waals surface area contributed by atoms with E-state index in [9.17, 15) is 8.78 Å². The van der Waals surface area contributed by atoms with Crippen molar-refractivity contribution >= 4 is 21.7 Å². The minimum Gasteiger partial charge on any atom is -0.263 e. The summed E-state index contributed by atoms with van der Waals surface area (Å²) in [5.74, 6) is 0. The van der Waals surface area contributed by atoms with Crippen molar-refractivity contribution in [1.82, 2.24) is 9.78 Å². The van der Waals surface area contributed by atoms with Gasteiger partial charge in [-0.2, -0.15) is 5.10 Å². The molecule has 13 heavy (non-hydrogen) atoms. The molecule has 0 bridgehead atoms. The van der Waals surface area contributed by atoms with Crippen molar-refractivity contribution in [3.63, 3.8) is 0 Å². The van der Waals surface area contributed by atoms with Gasteiger partial charge in [0.1, 0.15) is 6.54 Å². The van der Waals surface area contributed by atoms with Crippen LogP contribution in [0.25, 0.3) is 0 Å². The molecule has 0 radical (unpaired) electrons. The Labute approximate surface area is 83.8 Å². The topological polar surface area (TPSA) is 17.8 Å². The van der Waals surface area contributed by atoms with Gasteiger partial charge in [-0.1, -0.05) is 0 Å². The van der Waals surface area contributed by atoms with Crippen molar-refractivity contribution in [3.05, 3.63) is 11.4 Å². The van der Waals surface area contributed by atoms with Crippen LogP contribution in [0.2, 0.25) is 0 Å². The molecule has 0 unspecified atom stereocenters. The van der Waals surface area contributed by atoms with Crippen LogP contribution in [0.4, 0.5) is 8.78 Å². The third kappa shape index (κ3) is 2.34. The molecule has 0 N–H and O–H groups in total. The van der Waals surface area contributed by atoms with Crippen molar-refractivity contribution in [2.45, 2.75) is 31.7 Å². The van der Waals surface area contributed by atoms with Gasteiger partial charge in [0.15, 0.2) is 0 Å². The molecule has 0 amide bonds. The highest BCUT2D eigenvalue weighted by atomic mass is 35.7.